The van der Waals surface area contributed by atoms with Crippen LogP contribution in [-0.2, 0) is 14.3 Å². The summed E-state index contributed by atoms with van der Waals surface area (Å²) < 4.78 is 10.5. The number of nitrogens with zero attached hydrogens (tertiary/aromatic N) is 1. The average molecular weight is 307 g/mol. The first kappa shape index (κ1) is 16.3. The molecule has 6 heteroatoms. The summed E-state index contributed by atoms with van der Waals surface area (Å²) in [7, 11) is 1.53. The lowest BCUT2D eigenvalue weighted by atomic mass is 9.90. The Labute approximate surface area is 129 Å². The van der Waals surface area contributed by atoms with Gasteiger partial charge in [-0.15, -0.1) is 0 Å². The number of carboxylic acids is 1. The zero-order valence-electron chi connectivity index (χ0n) is 12.7. The van der Waals surface area contributed by atoms with Gasteiger partial charge in [0.15, 0.2) is 0 Å². The van der Waals surface area contributed by atoms with Gasteiger partial charge in [-0.1, -0.05) is 18.2 Å². The minimum atomic E-state index is -1.02. The number of amides is 1. The number of ether oxygens (including phenoxy) is 2. The summed E-state index contributed by atoms with van der Waals surface area (Å²) >= 11 is 0. The number of benzene rings is 1. The van der Waals surface area contributed by atoms with Crippen LogP contribution in [0.2, 0.25) is 0 Å². The van der Waals surface area contributed by atoms with E-state index in [0.717, 1.165) is 17.7 Å². The van der Waals surface area contributed by atoms with E-state index in [9.17, 15) is 9.59 Å². The van der Waals surface area contributed by atoms with Gasteiger partial charge < -0.3 is 19.5 Å². The van der Waals surface area contributed by atoms with Gasteiger partial charge in [-0.2, -0.15) is 0 Å². The molecule has 1 aliphatic heterocycles. The third kappa shape index (κ3) is 4.21. The van der Waals surface area contributed by atoms with Crippen LogP contribution < -0.4 is 4.74 Å². The van der Waals surface area contributed by atoms with Gasteiger partial charge in [0.05, 0.1) is 13.2 Å². The Kier molecular flexibility index (Phi) is 5.77. The maximum atomic E-state index is 12.4. The standard InChI is InChI=1S/C16H21NO5/c1-21-9-7-17(11-16(19)20)15(18)10-12-6-8-22-14-5-3-2-4-13(12)14/h2-5,12H,6-11H2,1H3,(H,19,20)/t12-/m0/s1. The first-order valence-corrected chi connectivity index (χ1v) is 7.32. The van der Waals surface area contributed by atoms with Crippen LogP contribution in [0.25, 0.3) is 0 Å². The number of carbonyl (C=O) groups is 2. The van der Waals surface area contributed by atoms with Gasteiger partial charge in [0.2, 0.25) is 5.91 Å². The minimum absolute atomic E-state index is 0.0660. The lowest BCUT2D eigenvalue weighted by Crippen LogP contribution is -2.38. The van der Waals surface area contributed by atoms with Crippen LogP contribution in [-0.4, -0.2) is 55.3 Å². The fraction of sp³-hybridized carbons (Fsp3) is 0.500. The van der Waals surface area contributed by atoms with E-state index in [1.54, 1.807) is 0 Å². The summed E-state index contributed by atoms with van der Waals surface area (Å²) in [5.74, 6) is -0.303. The highest BCUT2D eigenvalue weighted by molar-refractivity contribution is 5.82. The van der Waals surface area contributed by atoms with Crippen molar-refractivity contribution in [2.75, 3.05) is 33.4 Å². The molecule has 1 atom stereocenters. The molecule has 1 N–H and O–H groups in total. The molecule has 0 radical (unpaired) electrons. The Bertz CT molecular complexity index is 531. The topological polar surface area (TPSA) is 76.1 Å². The molecular weight excluding hydrogens is 286 g/mol. The number of carbonyl (C=O) groups excluding carboxylic acids is 1. The Morgan fingerprint density at radius 1 is 1.41 bits per heavy atom. The molecule has 0 spiro atoms. The lowest BCUT2D eigenvalue weighted by molar-refractivity contribution is -0.145. The molecule has 2 rings (SSSR count). The molecule has 0 fully saturated rings. The van der Waals surface area contributed by atoms with Crippen molar-refractivity contribution in [1.82, 2.24) is 4.90 Å². The average Bonchev–Trinajstić information content (AvgIpc) is 2.51. The molecule has 0 saturated carbocycles. The monoisotopic (exact) mass is 307 g/mol. The van der Waals surface area contributed by atoms with Crippen LogP contribution in [0, 0.1) is 0 Å². The fourth-order valence-electron chi connectivity index (χ4n) is 2.62. The highest BCUT2D eigenvalue weighted by atomic mass is 16.5. The van der Waals surface area contributed by atoms with Crippen molar-refractivity contribution >= 4 is 11.9 Å². The molecule has 120 valence electrons. The van der Waals surface area contributed by atoms with Gasteiger partial charge in [-0.05, 0) is 24.0 Å². The van der Waals surface area contributed by atoms with E-state index < -0.39 is 5.97 Å². The molecular formula is C16H21NO5. The van der Waals surface area contributed by atoms with Crippen LogP contribution in [0.5, 0.6) is 5.75 Å². The maximum Gasteiger partial charge on any atom is 0.323 e. The SMILES string of the molecule is COCCN(CC(=O)O)C(=O)C[C@@H]1CCOc2ccccc21. The summed E-state index contributed by atoms with van der Waals surface area (Å²) in [5, 5.41) is 8.94. The third-order valence-electron chi connectivity index (χ3n) is 3.75. The molecule has 1 aliphatic rings. The second-order valence-corrected chi connectivity index (χ2v) is 5.28. The van der Waals surface area contributed by atoms with Crippen LogP contribution in [0.1, 0.15) is 24.3 Å². The zero-order chi connectivity index (χ0) is 15.9. The predicted octanol–water partition coefficient (Wildman–Crippen LogP) is 1.50. The molecule has 0 aromatic heterocycles. The van der Waals surface area contributed by atoms with Crippen molar-refractivity contribution in [1.29, 1.82) is 0 Å². The fourth-order valence-corrected chi connectivity index (χ4v) is 2.62. The molecule has 6 nitrogen and oxygen atoms in total. The summed E-state index contributed by atoms with van der Waals surface area (Å²) in [4.78, 5) is 24.7. The van der Waals surface area contributed by atoms with E-state index in [2.05, 4.69) is 0 Å². The van der Waals surface area contributed by atoms with E-state index in [1.165, 1.54) is 12.0 Å². The molecule has 0 aliphatic carbocycles. The summed E-state index contributed by atoms with van der Waals surface area (Å²) in [6.45, 7) is 0.884. The van der Waals surface area contributed by atoms with Crippen molar-refractivity contribution in [2.24, 2.45) is 0 Å². The third-order valence-corrected chi connectivity index (χ3v) is 3.75. The molecule has 1 aromatic rings. The normalized spacial score (nSPS) is 16.5. The highest BCUT2D eigenvalue weighted by Gasteiger charge is 2.26. The summed E-state index contributed by atoms with van der Waals surface area (Å²) in [6.07, 6.45) is 1.05. The molecule has 0 unspecified atom stereocenters. The van der Waals surface area contributed by atoms with E-state index in [1.807, 2.05) is 24.3 Å². The number of carboxylic acid groups (broad SMARTS) is 1. The largest absolute Gasteiger partial charge is 0.493 e. The van der Waals surface area contributed by atoms with Crippen molar-refractivity contribution in [2.45, 2.75) is 18.8 Å². The first-order valence-electron chi connectivity index (χ1n) is 7.32. The van der Waals surface area contributed by atoms with Crippen LogP contribution in [0.15, 0.2) is 24.3 Å². The van der Waals surface area contributed by atoms with Gasteiger partial charge >= 0.3 is 5.97 Å². The zero-order valence-corrected chi connectivity index (χ0v) is 12.7. The van der Waals surface area contributed by atoms with E-state index >= 15 is 0 Å². The van der Waals surface area contributed by atoms with Gasteiger partial charge in [-0.25, -0.2) is 0 Å². The smallest absolute Gasteiger partial charge is 0.323 e. The second-order valence-electron chi connectivity index (χ2n) is 5.28. The van der Waals surface area contributed by atoms with Crippen molar-refractivity contribution in [3.63, 3.8) is 0 Å². The van der Waals surface area contributed by atoms with Crippen molar-refractivity contribution in [3.05, 3.63) is 29.8 Å². The molecule has 0 bridgehead atoms. The maximum absolute atomic E-state index is 12.4. The Hall–Kier alpha value is -2.08. The Morgan fingerprint density at radius 2 is 2.18 bits per heavy atom. The number of methoxy groups -OCH3 is 1. The Morgan fingerprint density at radius 3 is 2.91 bits per heavy atom. The Balaban J connectivity index is 2.05. The summed E-state index contributed by atoms with van der Waals surface area (Å²) in [5.41, 5.74) is 1.02. The second kappa shape index (κ2) is 7.79. The van der Waals surface area contributed by atoms with Crippen molar-refractivity contribution in [3.8, 4) is 5.75 Å². The van der Waals surface area contributed by atoms with E-state index in [4.69, 9.17) is 14.6 Å². The first-order chi connectivity index (χ1) is 10.6. The highest BCUT2D eigenvalue weighted by Crippen LogP contribution is 2.35. The summed E-state index contributed by atoms with van der Waals surface area (Å²) in [6, 6.07) is 7.68. The quantitative estimate of drug-likeness (QED) is 0.826. The molecule has 1 amide bonds. The number of para-hydroxylation sites is 1. The lowest BCUT2D eigenvalue weighted by Gasteiger charge is -2.28. The van der Waals surface area contributed by atoms with Crippen molar-refractivity contribution < 1.29 is 24.2 Å². The number of fused-ring (bicyclic) bond motifs is 1. The van der Waals surface area contributed by atoms with E-state index in [-0.39, 0.29) is 31.3 Å². The molecule has 1 aromatic carbocycles. The van der Waals surface area contributed by atoms with Gasteiger partial charge in [0, 0.05) is 20.1 Å². The predicted molar refractivity (Wildman–Crippen MR) is 80.0 cm³/mol. The van der Waals surface area contributed by atoms with Crippen LogP contribution in [0.3, 0.4) is 0 Å². The van der Waals surface area contributed by atoms with Gasteiger partial charge in [0.1, 0.15) is 12.3 Å². The van der Waals surface area contributed by atoms with Crippen LogP contribution >= 0.6 is 0 Å². The van der Waals surface area contributed by atoms with Gasteiger partial charge in [-0.3, -0.25) is 9.59 Å². The molecule has 22 heavy (non-hydrogen) atoms. The van der Waals surface area contributed by atoms with Gasteiger partial charge in [0.25, 0.3) is 0 Å². The number of rotatable bonds is 7. The number of hydrogen-bond acceptors (Lipinski definition) is 4. The number of aliphatic carboxylic acids is 1. The minimum Gasteiger partial charge on any atom is -0.493 e. The van der Waals surface area contributed by atoms with Crippen LogP contribution in [0.4, 0.5) is 0 Å². The van der Waals surface area contributed by atoms with E-state index in [0.29, 0.717) is 13.2 Å². The molecule has 1 heterocycles. The molecule has 0 saturated heterocycles. The number of hydrogen-bond donors (Lipinski definition) is 1.